The average molecular weight is 325 g/mol. The zero-order valence-electron chi connectivity index (χ0n) is 15.0. The molecule has 1 atom stereocenters. The Morgan fingerprint density at radius 1 is 0.957 bits per heavy atom. The molecule has 23 heavy (non-hydrogen) atoms. The summed E-state index contributed by atoms with van der Waals surface area (Å²) in [6.07, 6.45) is 21.1. The molecule has 1 fully saturated rings. The Labute approximate surface area is 142 Å². The molecule has 0 spiro atoms. The van der Waals surface area contributed by atoms with E-state index in [0.29, 0.717) is 19.4 Å². The molecule has 1 heterocycles. The van der Waals surface area contributed by atoms with Crippen molar-refractivity contribution in [2.45, 2.75) is 102 Å². The van der Waals surface area contributed by atoms with Crippen LogP contribution in [0.4, 0.5) is 0 Å². The maximum absolute atomic E-state index is 11.1. The summed E-state index contributed by atoms with van der Waals surface area (Å²) in [6.45, 7) is 2.86. The highest BCUT2D eigenvalue weighted by molar-refractivity contribution is 5.78. The Bertz CT molecular complexity index is 332. The monoisotopic (exact) mass is 324 g/mol. The maximum Gasteiger partial charge on any atom is 0.336 e. The van der Waals surface area contributed by atoms with Crippen LogP contribution in [0.1, 0.15) is 96.8 Å². The van der Waals surface area contributed by atoms with Crippen molar-refractivity contribution in [3.8, 4) is 0 Å². The first-order valence-corrected chi connectivity index (χ1v) is 9.73. The summed E-state index contributed by atoms with van der Waals surface area (Å²) in [5, 5.41) is 9.15. The third-order valence-electron chi connectivity index (χ3n) is 4.87. The standard InChI is InChI=1S/C20H36O3/c1-2-3-4-5-6-7-8-9-10-11-12-13-14-15-16-20(19(21)22)17-18-23-20/h9-10H,2-8,11-18H2,1H3,(H,21,22). The lowest BCUT2D eigenvalue weighted by molar-refractivity contribution is -0.196. The van der Waals surface area contributed by atoms with Gasteiger partial charge in [0.05, 0.1) is 6.61 Å². The van der Waals surface area contributed by atoms with Crippen molar-refractivity contribution in [1.29, 1.82) is 0 Å². The predicted molar refractivity (Wildman–Crippen MR) is 95.8 cm³/mol. The molecule has 1 aliphatic heterocycles. The highest BCUT2D eigenvalue weighted by atomic mass is 16.5. The molecule has 0 radical (unpaired) electrons. The number of carbonyl (C=O) groups is 1. The number of carboxylic acid groups (broad SMARTS) is 1. The first-order valence-electron chi connectivity index (χ1n) is 9.73. The molecule has 1 unspecified atom stereocenters. The molecule has 1 N–H and O–H groups in total. The van der Waals surface area contributed by atoms with E-state index < -0.39 is 11.6 Å². The van der Waals surface area contributed by atoms with Gasteiger partial charge in [0, 0.05) is 6.42 Å². The van der Waals surface area contributed by atoms with Gasteiger partial charge in [0.1, 0.15) is 0 Å². The molecular weight excluding hydrogens is 288 g/mol. The molecule has 134 valence electrons. The highest BCUT2D eigenvalue weighted by Gasteiger charge is 2.45. The summed E-state index contributed by atoms with van der Waals surface area (Å²) in [4.78, 5) is 11.1. The molecule has 0 aromatic carbocycles. The Morgan fingerprint density at radius 2 is 1.48 bits per heavy atom. The van der Waals surface area contributed by atoms with Gasteiger partial charge in [0.15, 0.2) is 5.60 Å². The van der Waals surface area contributed by atoms with Crippen LogP contribution in [0, 0.1) is 0 Å². The quantitative estimate of drug-likeness (QED) is 0.302. The van der Waals surface area contributed by atoms with Crippen LogP contribution in [0.3, 0.4) is 0 Å². The van der Waals surface area contributed by atoms with E-state index in [1.807, 2.05) is 0 Å². The summed E-state index contributed by atoms with van der Waals surface area (Å²) in [6, 6.07) is 0. The van der Waals surface area contributed by atoms with E-state index in [4.69, 9.17) is 9.84 Å². The minimum atomic E-state index is -0.836. The van der Waals surface area contributed by atoms with Crippen molar-refractivity contribution in [3.63, 3.8) is 0 Å². The van der Waals surface area contributed by atoms with E-state index in [1.165, 1.54) is 57.8 Å². The smallest absolute Gasteiger partial charge is 0.336 e. The highest BCUT2D eigenvalue weighted by Crippen LogP contribution is 2.32. The van der Waals surface area contributed by atoms with Gasteiger partial charge in [0.25, 0.3) is 0 Å². The van der Waals surface area contributed by atoms with Gasteiger partial charge in [0.2, 0.25) is 0 Å². The third kappa shape index (κ3) is 8.55. The number of carboxylic acids is 1. The second kappa shape index (κ2) is 12.6. The number of hydrogen-bond donors (Lipinski definition) is 1. The van der Waals surface area contributed by atoms with Crippen LogP contribution in [0.2, 0.25) is 0 Å². The van der Waals surface area contributed by atoms with Gasteiger partial charge in [-0.05, 0) is 38.5 Å². The largest absolute Gasteiger partial charge is 0.479 e. The van der Waals surface area contributed by atoms with Gasteiger partial charge in [-0.1, -0.05) is 64.0 Å². The Balaban J connectivity index is 1.84. The maximum atomic E-state index is 11.1. The lowest BCUT2D eigenvalue weighted by Crippen LogP contribution is -2.50. The average Bonchev–Trinajstić information content (AvgIpc) is 2.49. The molecule has 0 saturated carbocycles. The van der Waals surface area contributed by atoms with E-state index in [9.17, 15) is 4.79 Å². The number of allylic oxidation sites excluding steroid dienone is 2. The summed E-state index contributed by atoms with van der Waals surface area (Å²) >= 11 is 0. The van der Waals surface area contributed by atoms with Crippen molar-refractivity contribution >= 4 is 5.97 Å². The first-order chi connectivity index (χ1) is 11.2. The molecule has 1 saturated heterocycles. The van der Waals surface area contributed by atoms with Gasteiger partial charge in [-0.2, -0.15) is 0 Å². The molecular formula is C20H36O3. The van der Waals surface area contributed by atoms with Gasteiger partial charge >= 0.3 is 5.97 Å². The molecule has 0 bridgehead atoms. The Kier molecular flexibility index (Phi) is 11.1. The van der Waals surface area contributed by atoms with E-state index in [2.05, 4.69) is 19.1 Å². The van der Waals surface area contributed by atoms with Crippen molar-refractivity contribution in [2.24, 2.45) is 0 Å². The summed E-state index contributed by atoms with van der Waals surface area (Å²) in [5.74, 6) is -0.777. The van der Waals surface area contributed by atoms with Gasteiger partial charge in [-0.3, -0.25) is 0 Å². The molecule has 3 heteroatoms. The Morgan fingerprint density at radius 3 is 1.96 bits per heavy atom. The molecule has 0 aliphatic carbocycles. The molecule has 1 aliphatic rings. The normalized spacial score (nSPS) is 20.7. The van der Waals surface area contributed by atoms with E-state index in [1.54, 1.807) is 0 Å². The third-order valence-corrected chi connectivity index (χ3v) is 4.87. The van der Waals surface area contributed by atoms with Crippen LogP contribution in [0.25, 0.3) is 0 Å². The van der Waals surface area contributed by atoms with Crippen molar-refractivity contribution < 1.29 is 14.6 Å². The molecule has 0 aromatic heterocycles. The van der Waals surface area contributed by atoms with Gasteiger partial charge < -0.3 is 9.84 Å². The zero-order chi connectivity index (χ0) is 16.8. The van der Waals surface area contributed by atoms with E-state index in [0.717, 1.165) is 19.3 Å². The summed E-state index contributed by atoms with van der Waals surface area (Å²) in [7, 11) is 0. The van der Waals surface area contributed by atoms with Crippen molar-refractivity contribution in [3.05, 3.63) is 12.2 Å². The molecule has 0 amide bonds. The van der Waals surface area contributed by atoms with Crippen LogP contribution in [-0.2, 0) is 9.53 Å². The number of unbranched alkanes of at least 4 members (excludes halogenated alkanes) is 10. The molecule has 0 aromatic rings. The SMILES string of the molecule is CCCCCCCCC=CCCCCCCC1(C(=O)O)CCO1. The van der Waals surface area contributed by atoms with Gasteiger partial charge in [-0.25, -0.2) is 4.79 Å². The minimum Gasteiger partial charge on any atom is -0.479 e. The fourth-order valence-electron chi connectivity index (χ4n) is 3.13. The summed E-state index contributed by atoms with van der Waals surface area (Å²) < 4.78 is 5.28. The first kappa shape index (κ1) is 20.2. The lowest BCUT2D eigenvalue weighted by atomic mass is 9.88. The number of aliphatic carboxylic acids is 1. The fraction of sp³-hybridized carbons (Fsp3) is 0.850. The van der Waals surface area contributed by atoms with E-state index in [-0.39, 0.29) is 0 Å². The zero-order valence-corrected chi connectivity index (χ0v) is 15.0. The second-order valence-electron chi connectivity index (χ2n) is 6.88. The second-order valence-corrected chi connectivity index (χ2v) is 6.88. The van der Waals surface area contributed by atoms with Crippen LogP contribution in [0.5, 0.6) is 0 Å². The topological polar surface area (TPSA) is 46.5 Å². The van der Waals surface area contributed by atoms with Crippen LogP contribution in [0.15, 0.2) is 12.2 Å². The van der Waals surface area contributed by atoms with Crippen molar-refractivity contribution in [2.75, 3.05) is 6.61 Å². The lowest BCUT2D eigenvalue weighted by Gasteiger charge is -2.37. The number of hydrogen-bond acceptors (Lipinski definition) is 2. The Hall–Kier alpha value is -0.830. The fourth-order valence-corrected chi connectivity index (χ4v) is 3.13. The van der Waals surface area contributed by atoms with Crippen LogP contribution in [-0.4, -0.2) is 23.3 Å². The van der Waals surface area contributed by atoms with Gasteiger partial charge in [-0.15, -0.1) is 0 Å². The summed E-state index contributed by atoms with van der Waals surface area (Å²) in [5.41, 5.74) is -0.836. The minimum absolute atomic E-state index is 0.607. The number of ether oxygens (including phenoxy) is 1. The van der Waals surface area contributed by atoms with E-state index >= 15 is 0 Å². The van der Waals surface area contributed by atoms with Crippen LogP contribution >= 0.6 is 0 Å². The number of rotatable bonds is 15. The molecule has 1 rings (SSSR count). The molecule has 3 nitrogen and oxygen atoms in total. The van der Waals surface area contributed by atoms with Crippen LogP contribution < -0.4 is 0 Å². The van der Waals surface area contributed by atoms with Crippen molar-refractivity contribution in [1.82, 2.24) is 0 Å². The predicted octanol–water partition coefficient (Wildman–Crippen LogP) is 5.88.